The summed E-state index contributed by atoms with van der Waals surface area (Å²) in [5, 5.41) is 5.00. The van der Waals surface area contributed by atoms with Crippen molar-refractivity contribution in [3.63, 3.8) is 0 Å². The molecule has 33 heavy (non-hydrogen) atoms. The highest BCUT2D eigenvalue weighted by atomic mass is 16.6. The molecule has 0 aliphatic carbocycles. The van der Waals surface area contributed by atoms with E-state index < -0.39 is 0 Å². The number of carbonyl (C=O) groups is 2. The molecule has 176 valence electrons. The lowest BCUT2D eigenvalue weighted by Gasteiger charge is -2.34. The summed E-state index contributed by atoms with van der Waals surface area (Å²) in [5.74, 6) is -0.135. The van der Waals surface area contributed by atoms with Crippen molar-refractivity contribution in [2.24, 2.45) is 0 Å². The zero-order chi connectivity index (χ0) is 23.4. The third-order valence-corrected chi connectivity index (χ3v) is 6.26. The van der Waals surface area contributed by atoms with E-state index in [9.17, 15) is 9.59 Å². The van der Waals surface area contributed by atoms with Crippen molar-refractivity contribution in [2.75, 3.05) is 51.2 Å². The summed E-state index contributed by atoms with van der Waals surface area (Å²) in [6.45, 7) is 8.61. The second-order valence-corrected chi connectivity index (χ2v) is 8.86. The Kier molecular flexibility index (Phi) is 7.27. The summed E-state index contributed by atoms with van der Waals surface area (Å²) in [4.78, 5) is 27.3. The van der Waals surface area contributed by atoms with Gasteiger partial charge in [0, 0.05) is 44.8 Å². The van der Waals surface area contributed by atoms with Crippen LogP contribution in [0.15, 0.2) is 48.5 Å². The molecule has 8 heteroatoms. The van der Waals surface area contributed by atoms with E-state index in [2.05, 4.69) is 58.9 Å². The molecule has 4 rings (SSSR count). The van der Waals surface area contributed by atoms with Crippen LogP contribution in [0, 0.1) is 0 Å². The van der Waals surface area contributed by atoms with Gasteiger partial charge in [0.05, 0.1) is 13.1 Å². The Morgan fingerprint density at radius 1 is 1.03 bits per heavy atom. The van der Waals surface area contributed by atoms with Gasteiger partial charge in [0.2, 0.25) is 5.91 Å². The summed E-state index contributed by atoms with van der Waals surface area (Å²) >= 11 is 0. The van der Waals surface area contributed by atoms with E-state index in [1.165, 1.54) is 12.5 Å². The molecular formula is C25H33N5O3. The van der Waals surface area contributed by atoms with Gasteiger partial charge in [-0.05, 0) is 42.8 Å². The van der Waals surface area contributed by atoms with Gasteiger partial charge in [-0.2, -0.15) is 0 Å². The minimum Gasteiger partial charge on any atom is -0.442 e. The number of amides is 2. The van der Waals surface area contributed by atoms with Crippen LogP contribution in [-0.4, -0.2) is 74.3 Å². The molecule has 2 heterocycles. The zero-order valence-corrected chi connectivity index (χ0v) is 19.6. The maximum atomic E-state index is 12.2. The van der Waals surface area contributed by atoms with E-state index >= 15 is 0 Å². The molecule has 0 aromatic heterocycles. The highest BCUT2D eigenvalue weighted by Gasteiger charge is 2.32. The van der Waals surface area contributed by atoms with Crippen LogP contribution in [0.3, 0.4) is 0 Å². The Labute approximate surface area is 195 Å². The Morgan fingerprint density at radius 2 is 1.64 bits per heavy atom. The second-order valence-electron chi connectivity index (χ2n) is 8.86. The quantitative estimate of drug-likeness (QED) is 0.674. The van der Waals surface area contributed by atoms with Crippen LogP contribution in [0.5, 0.6) is 0 Å². The minimum atomic E-state index is -0.385. The lowest BCUT2D eigenvalue weighted by atomic mass is 10.0. The number of hydrogen-bond donors (Lipinski definition) is 2. The van der Waals surface area contributed by atoms with E-state index in [0.717, 1.165) is 43.0 Å². The van der Waals surface area contributed by atoms with Gasteiger partial charge >= 0.3 is 6.09 Å². The van der Waals surface area contributed by atoms with Crippen molar-refractivity contribution in [1.29, 1.82) is 0 Å². The highest BCUT2D eigenvalue weighted by Crippen LogP contribution is 2.27. The number of cyclic esters (lactones) is 1. The third-order valence-electron chi connectivity index (χ3n) is 6.26. The Balaban J connectivity index is 1.35. The van der Waals surface area contributed by atoms with E-state index in [-0.39, 0.29) is 24.1 Å². The fourth-order valence-electron chi connectivity index (χ4n) is 4.18. The number of piperazine rings is 1. The molecule has 2 aromatic carbocycles. The van der Waals surface area contributed by atoms with Crippen molar-refractivity contribution in [2.45, 2.75) is 26.0 Å². The first kappa shape index (κ1) is 23.2. The summed E-state index contributed by atoms with van der Waals surface area (Å²) < 4.78 is 5.35. The molecular weight excluding hydrogens is 418 g/mol. The van der Waals surface area contributed by atoms with Crippen molar-refractivity contribution < 1.29 is 14.3 Å². The van der Waals surface area contributed by atoms with E-state index in [0.29, 0.717) is 13.1 Å². The molecule has 2 aliphatic rings. The topological polar surface area (TPSA) is 77.2 Å². The lowest BCUT2D eigenvalue weighted by Crippen LogP contribution is -2.51. The monoisotopic (exact) mass is 451 g/mol. The molecule has 0 bridgehead atoms. The van der Waals surface area contributed by atoms with Gasteiger partial charge < -0.3 is 15.0 Å². The van der Waals surface area contributed by atoms with E-state index in [4.69, 9.17) is 4.74 Å². The third kappa shape index (κ3) is 5.90. The maximum Gasteiger partial charge on any atom is 0.414 e. The first-order chi connectivity index (χ1) is 15.9. The molecule has 8 nitrogen and oxygen atoms in total. The number of rotatable bonds is 7. The molecule has 2 aliphatic heterocycles. The Hall–Kier alpha value is -2.94. The number of hydrogen-bond acceptors (Lipinski definition) is 6. The Bertz CT molecular complexity index is 955. The largest absolute Gasteiger partial charge is 0.442 e. The molecule has 2 amide bonds. The SMILES string of the molecule is CC(=O)NCC1CN(c2ccc(-c3ccc(C(C)NN4CCN(C)CC4)cc3)cc2)C(=O)O1. The van der Waals surface area contributed by atoms with Crippen LogP contribution < -0.4 is 15.6 Å². The first-order valence-electron chi connectivity index (χ1n) is 11.5. The van der Waals surface area contributed by atoms with Crippen molar-refractivity contribution in [1.82, 2.24) is 20.7 Å². The molecule has 2 atom stereocenters. The van der Waals surface area contributed by atoms with Gasteiger partial charge in [-0.3, -0.25) is 9.69 Å². The predicted octanol–water partition coefficient (Wildman–Crippen LogP) is 2.63. The number of likely N-dealkylation sites (N-methyl/N-ethyl adjacent to an activating group) is 1. The average molecular weight is 452 g/mol. The normalized spacial score (nSPS) is 20.5. The molecule has 2 unspecified atom stereocenters. The maximum absolute atomic E-state index is 12.2. The summed E-state index contributed by atoms with van der Waals surface area (Å²) in [6.07, 6.45) is -0.723. The van der Waals surface area contributed by atoms with Crippen LogP contribution in [-0.2, 0) is 9.53 Å². The lowest BCUT2D eigenvalue weighted by molar-refractivity contribution is -0.119. The number of ether oxygens (including phenoxy) is 1. The van der Waals surface area contributed by atoms with Crippen LogP contribution in [0.25, 0.3) is 11.1 Å². The number of carbonyl (C=O) groups excluding carboxylic acids is 2. The van der Waals surface area contributed by atoms with Gasteiger partial charge in [0.25, 0.3) is 0 Å². The fourth-order valence-corrected chi connectivity index (χ4v) is 4.18. The fraction of sp³-hybridized carbons (Fsp3) is 0.440. The number of nitrogens with one attached hydrogen (secondary N) is 2. The minimum absolute atomic E-state index is 0.135. The highest BCUT2D eigenvalue weighted by molar-refractivity contribution is 5.90. The molecule has 0 radical (unpaired) electrons. The molecule has 0 saturated carbocycles. The van der Waals surface area contributed by atoms with Crippen LogP contribution in [0.2, 0.25) is 0 Å². The number of anilines is 1. The smallest absolute Gasteiger partial charge is 0.414 e. The summed E-state index contributed by atoms with van der Waals surface area (Å²) in [5.41, 5.74) is 7.87. The average Bonchev–Trinajstić information content (AvgIpc) is 3.20. The standard InChI is InChI=1S/C25H33N5O3/c1-18(27-29-14-12-28(3)13-15-29)20-4-6-21(7-5-20)22-8-10-23(11-9-22)30-17-24(33-25(30)32)16-26-19(2)31/h4-11,18,24,27H,12-17H2,1-3H3,(H,26,31). The van der Waals surface area contributed by atoms with Gasteiger partial charge in [-0.15, -0.1) is 0 Å². The molecule has 2 N–H and O–H groups in total. The van der Waals surface area contributed by atoms with Crippen LogP contribution in [0.1, 0.15) is 25.5 Å². The number of hydrazine groups is 1. The van der Waals surface area contributed by atoms with Gasteiger partial charge in [0.1, 0.15) is 6.10 Å². The second kappa shape index (κ2) is 10.3. The molecule has 2 saturated heterocycles. The van der Waals surface area contributed by atoms with Crippen molar-refractivity contribution in [3.05, 3.63) is 54.1 Å². The molecule has 2 aromatic rings. The number of nitrogens with zero attached hydrogens (tertiary/aromatic N) is 3. The van der Waals surface area contributed by atoms with Gasteiger partial charge in [0.15, 0.2) is 0 Å². The van der Waals surface area contributed by atoms with Crippen LogP contribution >= 0.6 is 0 Å². The first-order valence-corrected chi connectivity index (χ1v) is 11.5. The molecule has 2 fully saturated rings. The predicted molar refractivity (Wildman–Crippen MR) is 129 cm³/mol. The Morgan fingerprint density at radius 3 is 2.24 bits per heavy atom. The van der Waals surface area contributed by atoms with Crippen LogP contribution in [0.4, 0.5) is 10.5 Å². The summed E-state index contributed by atoms with van der Waals surface area (Å²) in [7, 11) is 2.16. The summed E-state index contributed by atoms with van der Waals surface area (Å²) in [6, 6.07) is 16.8. The van der Waals surface area contributed by atoms with Gasteiger partial charge in [-0.25, -0.2) is 15.2 Å². The van der Waals surface area contributed by atoms with E-state index in [1.54, 1.807) is 4.90 Å². The zero-order valence-electron chi connectivity index (χ0n) is 19.6. The van der Waals surface area contributed by atoms with Crippen molar-refractivity contribution in [3.8, 4) is 11.1 Å². The van der Waals surface area contributed by atoms with E-state index in [1.807, 2.05) is 24.3 Å². The van der Waals surface area contributed by atoms with Crippen molar-refractivity contribution >= 4 is 17.7 Å². The number of benzene rings is 2. The molecule has 0 spiro atoms. The van der Waals surface area contributed by atoms with Gasteiger partial charge in [-0.1, -0.05) is 36.4 Å².